The molecular formula is C14H18N4O5. The Morgan fingerprint density at radius 2 is 1.35 bits per heavy atom. The second-order valence-corrected chi connectivity index (χ2v) is 5.01. The molecule has 2 aromatic rings. The van der Waals surface area contributed by atoms with Crippen molar-refractivity contribution < 1.29 is 24.5 Å². The standard InChI is InChI=1S/C14H18N4O5/c1-9-7-11(13(19)20)15-17(9)3-5-23-6-4-18-10(2)8-12(16-18)14(21)22/h7-8H,3-6H2,1-2H3,(H,19,20)(H,21,22). The average Bonchev–Trinajstić information content (AvgIpc) is 3.03. The predicted molar refractivity (Wildman–Crippen MR) is 78.7 cm³/mol. The molecule has 0 aliphatic rings. The fraction of sp³-hybridized carbons (Fsp3) is 0.429. The van der Waals surface area contributed by atoms with Crippen LogP contribution in [0.2, 0.25) is 0 Å². The van der Waals surface area contributed by atoms with E-state index in [9.17, 15) is 9.59 Å². The molecule has 0 aliphatic heterocycles. The monoisotopic (exact) mass is 322 g/mol. The third kappa shape index (κ3) is 4.16. The van der Waals surface area contributed by atoms with Crippen LogP contribution in [0.4, 0.5) is 0 Å². The molecule has 0 saturated heterocycles. The number of carbonyl (C=O) groups is 2. The highest BCUT2D eigenvalue weighted by atomic mass is 16.5. The number of ether oxygens (including phenoxy) is 1. The number of aryl methyl sites for hydroxylation is 2. The van der Waals surface area contributed by atoms with Crippen molar-refractivity contribution in [2.45, 2.75) is 26.9 Å². The molecule has 0 atom stereocenters. The molecule has 124 valence electrons. The minimum Gasteiger partial charge on any atom is -0.476 e. The number of hydrogen-bond donors (Lipinski definition) is 2. The van der Waals surface area contributed by atoms with Gasteiger partial charge in [-0.1, -0.05) is 0 Å². The second-order valence-electron chi connectivity index (χ2n) is 5.01. The van der Waals surface area contributed by atoms with E-state index in [2.05, 4.69) is 10.2 Å². The number of rotatable bonds is 8. The van der Waals surface area contributed by atoms with Crippen molar-refractivity contribution in [1.29, 1.82) is 0 Å². The van der Waals surface area contributed by atoms with Gasteiger partial charge in [0.15, 0.2) is 11.4 Å². The highest BCUT2D eigenvalue weighted by Gasteiger charge is 2.11. The molecule has 9 heteroatoms. The highest BCUT2D eigenvalue weighted by Crippen LogP contribution is 2.04. The van der Waals surface area contributed by atoms with E-state index in [-0.39, 0.29) is 11.4 Å². The summed E-state index contributed by atoms with van der Waals surface area (Å²) in [7, 11) is 0. The Balaban J connectivity index is 1.78. The minimum absolute atomic E-state index is 0.0101. The molecule has 0 radical (unpaired) electrons. The second kappa shape index (κ2) is 7.05. The normalized spacial score (nSPS) is 10.9. The van der Waals surface area contributed by atoms with Crippen molar-refractivity contribution >= 4 is 11.9 Å². The fourth-order valence-corrected chi connectivity index (χ4v) is 2.09. The summed E-state index contributed by atoms with van der Waals surface area (Å²) in [5.41, 5.74) is 1.52. The highest BCUT2D eigenvalue weighted by molar-refractivity contribution is 5.85. The van der Waals surface area contributed by atoms with E-state index in [1.807, 2.05) is 0 Å². The molecule has 0 fully saturated rings. The van der Waals surface area contributed by atoms with Gasteiger partial charge >= 0.3 is 11.9 Å². The molecule has 0 saturated carbocycles. The third-order valence-electron chi connectivity index (χ3n) is 3.30. The summed E-state index contributed by atoms with van der Waals surface area (Å²) >= 11 is 0. The van der Waals surface area contributed by atoms with Crippen molar-refractivity contribution in [3.05, 3.63) is 34.9 Å². The van der Waals surface area contributed by atoms with Crippen LogP contribution in [0.3, 0.4) is 0 Å². The molecule has 0 unspecified atom stereocenters. The zero-order valence-corrected chi connectivity index (χ0v) is 12.9. The van der Waals surface area contributed by atoms with E-state index in [1.165, 1.54) is 12.1 Å². The lowest BCUT2D eigenvalue weighted by Crippen LogP contribution is -2.14. The van der Waals surface area contributed by atoms with E-state index in [1.54, 1.807) is 23.2 Å². The SMILES string of the molecule is Cc1cc(C(=O)O)nn1CCOCCn1nc(C(=O)O)cc1C. The van der Waals surface area contributed by atoms with Crippen LogP contribution >= 0.6 is 0 Å². The van der Waals surface area contributed by atoms with Gasteiger partial charge in [0.05, 0.1) is 26.3 Å². The van der Waals surface area contributed by atoms with Crippen LogP contribution in [0.5, 0.6) is 0 Å². The molecule has 2 heterocycles. The van der Waals surface area contributed by atoms with Gasteiger partial charge in [-0.2, -0.15) is 10.2 Å². The smallest absolute Gasteiger partial charge is 0.356 e. The summed E-state index contributed by atoms with van der Waals surface area (Å²) < 4.78 is 8.62. The van der Waals surface area contributed by atoms with Gasteiger partial charge in [0, 0.05) is 11.4 Å². The van der Waals surface area contributed by atoms with Crippen molar-refractivity contribution in [3.63, 3.8) is 0 Å². The zero-order chi connectivity index (χ0) is 17.0. The summed E-state index contributed by atoms with van der Waals surface area (Å²) in [5, 5.41) is 25.6. The molecule has 23 heavy (non-hydrogen) atoms. The zero-order valence-electron chi connectivity index (χ0n) is 12.9. The van der Waals surface area contributed by atoms with Gasteiger partial charge < -0.3 is 14.9 Å². The molecule has 2 N–H and O–H groups in total. The van der Waals surface area contributed by atoms with E-state index in [0.29, 0.717) is 26.3 Å². The number of aromatic carboxylic acids is 2. The van der Waals surface area contributed by atoms with Crippen molar-refractivity contribution in [2.75, 3.05) is 13.2 Å². The Labute approximate surface area is 132 Å². The van der Waals surface area contributed by atoms with E-state index in [0.717, 1.165) is 11.4 Å². The van der Waals surface area contributed by atoms with Gasteiger partial charge in [-0.05, 0) is 26.0 Å². The van der Waals surface area contributed by atoms with E-state index in [4.69, 9.17) is 14.9 Å². The van der Waals surface area contributed by atoms with Crippen LogP contribution < -0.4 is 0 Å². The van der Waals surface area contributed by atoms with Crippen LogP contribution in [-0.2, 0) is 17.8 Å². The van der Waals surface area contributed by atoms with Crippen LogP contribution in [0, 0.1) is 13.8 Å². The van der Waals surface area contributed by atoms with Gasteiger partial charge in [-0.15, -0.1) is 0 Å². The topological polar surface area (TPSA) is 119 Å². The lowest BCUT2D eigenvalue weighted by Gasteiger charge is -2.07. The molecule has 2 rings (SSSR count). The van der Waals surface area contributed by atoms with Crippen LogP contribution in [0.25, 0.3) is 0 Å². The van der Waals surface area contributed by atoms with Gasteiger partial charge in [0.25, 0.3) is 0 Å². The molecule has 2 aromatic heterocycles. The molecule has 0 aromatic carbocycles. The van der Waals surface area contributed by atoms with E-state index >= 15 is 0 Å². The van der Waals surface area contributed by atoms with Crippen molar-refractivity contribution in [3.8, 4) is 0 Å². The Bertz CT molecular complexity index is 659. The molecular weight excluding hydrogens is 304 g/mol. The van der Waals surface area contributed by atoms with Crippen LogP contribution in [0.15, 0.2) is 12.1 Å². The summed E-state index contributed by atoms with van der Waals surface area (Å²) in [4.78, 5) is 21.6. The lowest BCUT2D eigenvalue weighted by molar-refractivity contribution is 0.0679. The summed E-state index contributed by atoms with van der Waals surface area (Å²) in [6.45, 7) is 5.18. The third-order valence-corrected chi connectivity index (χ3v) is 3.30. The maximum atomic E-state index is 10.8. The van der Waals surface area contributed by atoms with Gasteiger partial charge in [0.1, 0.15) is 0 Å². The van der Waals surface area contributed by atoms with E-state index < -0.39 is 11.9 Å². The average molecular weight is 322 g/mol. The maximum Gasteiger partial charge on any atom is 0.356 e. The minimum atomic E-state index is -1.06. The maximum absolute atomic E-state index is 10.8. The van der Waals surface area contributed by atoms with Crippen LogP contribution in [0.1, 0.15) is 32.4 Å². The number of nitrogens with zero attached hydrogens (tertiary/aromatic N) is 4. The molecule has 9 nitrogen and oxygen atoms in total. The van der Waals surface area contributed by atoms with Crippen LogP contribution in [-0.4, -0.2) is 54.9 Å². The summed E-state index contributed by atoms with van der Waals surface area (Å²) in [6, 6.07) is 3.01. The fourth-order valence-electron chi connectivity index (χ4n) is 2.09. The summed E-state index contributed by atoms with van der Waals surface area (Å²) in [5.74, 6) is -2.12. The quantitative estimate of drug-likeness (QED) is 0.690. The first kappa shape index (κ1) is 16.7. The number of carboxylic acids is 2. The van der Waals surface area contributed by atoms with Gasteiger partial charge in [0.2, 0.25) is 0 Å². The number of aromatic nitrogens is 4. The Hall–Kier alpha value is -2.68. The van der Waals surface area contributed by atoms with Gasteiger partial charge in [-0.25, -0.2) is 9.59 Å². The Kier molecular flexibility index (Phi) is 5.12. The molecule has 0 spiro atoms. The first-order valence-electron chi connectivity index (χ1n) is 7.01. The Morgan fingerprint density at radius 3 is 1.65 bits per heavy atom. The largest absolute Gasteiger partial charge is 0.476 e. The van der Waals surface area contributed by atoms with Crippen molar-refractivity contribution in [2.24, 2.45) is 0 Å². The lowest BCUT2D eigenvalue weighted by atomic mass is 10.4. The molecule has 0 bridgehead atoms. The number of carboxylic acid groups (broad SMARTS) is 2. The molecule has 0 aliphatic carbocycles. The number of hydrogen-bond acceptors (Lipinski definition) is 5. The Morgan fingerprint density at radius 1 is 0.957 bits per heavy atom. The van der Waals surface area contributed by atoms with Crippen molar-refractivity contribution in [1.82, 2.24) is 19.6 Å². The molecule has 0 amide bonds. The predicted octanol–water partition coefficient (Wildman–Crippen LogP) is 0.810. The summed E-state index contributed by atoms with van der Waals surface area (Å²) in [6.07, 6.45) is 0. The first-order chi connectivity index (χ1) is 10.9. The van der Waals surface area contributed by atoms with Gasteiger partial charge in [-0.3, -0.25) is 9.36 Å². The first-order valence-corrected chi connectivity index (χ1v) is 7.01.